The maximum atomic E-state index is 11.5. The van der Waals surface area contributed by atoms with Gasteiger partial charge < -0.3 is 15.6 Å². The van der Waals surface area contributed by atoms with Crippen LogP contribution in [-0.2, 0) is 11.2 Å². The number of likely N-dealkylation sites (N-methyl/N-ethyl adjacent to an activating group) is 2. The fourth-order valence-electron chi connectivity index (χ4n) is 1.75. The number of carbonyl (C=O) groups excluding carboxylic acids is 1. The van der Waals surface area contributed by atoms with Gasteiger partial charge in [-0.15, -0.1) is 0 Å². The van der Waals surface area contributed by atoms with Crippen LogP contribution in [0.5, 0.6) is 0 Å². The minimum Gasteiger partial charge on any atom is -0.358 e. The van der Waals surface area contributed by atoms with Crippen molar-refractivity contribution in [2.24, 2.45) is 5.84 Å². The molecule has 0 aliphatic rings. The number of rotatable bonds is 6. The van der Waals surface area contributed by atoms with Gasteiger partial charge in [-0.3, -0.25) is 4.79 Å². The number of nitrogens with one attached hydrogen (secondary N) is 2. The standard InChI is InChI=1S/C12H22N6O/c1-5-9-15-11(17-13)8(3)12(16-9)18(6-2)7-10(19)14-4/h5-7,13H2,1-4H3,(H,14,19)(H,15,16,17). The first-order chi connectivity index (χ1) is 9.07. The van der Waals surface area contributed by atoms with Crippen LogP contribution in [0.1, 0.15) is 25.2 Å². The molecule has 1 amide bonds. The van der Waals surface area contributed by atoms with E-state index in [1.807, 2.05) is 25.7 Å². The van der Waals surface area contributed by atoms with Gasteiger partial charge in [0.25, 0.3) is 0 Å². The number of nitrogen functional groups attached to an aromatic ring is 1. The number of hydrogen-bond donors (Lipinski definition) is 3. The van der Waals surface area contributed by atoms with E-state index >= 15 is 0 Å². The molecule has 0 atom stereocenters. The van der Waals surface area contributed by atoms with E-state index in [-0.39, 0.29) is 12.5 Å². The Labute approximate surface area is 113 Å². The summed E-state index contributed by atoms with van der Waals surface area (Å²) >= 11 is 0. The van der Waals surface area contributed by atoms with Gasteiger partial charge in [-0.2, -0.15) is 0 Å². The Morgan fingerprint density at radius 1 is 1.37 bits per heavy atom. The predicted octanol–water partition coefficient (Wildman–Crippen LogP) is 0.205. The molecular formula is C12H22N6O. The fourth-order valence-corrected chi connectivity index (χ4v) is 1.75. The Morgan fingerprint density at radius 3 is 2.53 bits per heavy atom. The SMILES string of the molecule is CCc1nc(NN)c(C)c(N(CC)CC(=O)NC)n1. The Kier molecular flexibility index (Phi) is 5.50. The van der Waals surface area contributed by atoms with Gasteiger partial charge in [0.1, 0.15) is 17.5 Å². The average Bonchev–Trinajstić information content (AvgIpc) is 2.44. The van der Waals surface area contributed by atoms with Gasteiger partial charge in [0.05, 0.1) is 6.54 Å². The zero-order valence-corrected chi connectivity index (χ0v) is 11.9. The third kappa shape index (κ3) is 3.54. The molecule has 0 radical (unpaired) electrons. The molecule has 0 fully saturated rings. The van der Waals surface area contributed by atoms with Gasteiger partial charge in [-0.05, 0) is 13.8 Å². The van der Waals surface area contributed by atoms with Gasteiger partial charge in [-0.25, -0.2) is 15.8 Å². The van der Waals surface area contributed by atoms with Crippen molar-refractivity contribution in [3.8, 4) is 0 Å². The van der Waals surface area contributed by atoms with Crippen molar-refractivity contribution in [1.29, 1.82) is 0 Å². The van der Waals surface area contributed by atoms with Gasteiger partial charge in [-0.1, -0.05) is 6.92 Å². The second-order valence-electron chi connectivity index (χ2n) is 4.12. The van der Waals surface area contributed by atoms with Crippen molar-refractivity contribution in [3.63, 3.8) is 0 Å². The van der Waals surface area contributed by atoms with Crippen molar-refractivity contribution in [1.82, 2.24) is 15.3 Å². The summed E-state index contributed by atoms with van der Waals surface area (Å²) in [4.78, 5) is 22.2. The number of nitrogens with two attached hydrogens (primary N) is 1. The van der Waals surface area contributed by atoms with Gasteiger partial charge in [0, 0.05) is 25.6 Å². The lowest BCUT2D eigenvalue weighted by molar-refractivity contribution is -0.119. The van der Waals surface area contributed by atoms with E-state index in [9.17, 15) is 4.79 Å². The number of hydrazine groups is 1. The van der Waals surface area contributed by atoms with E-state index in [0.29, 0.717) is 24.6 Å². The predicted molar refractivity (Wildman–Crippen MR) is 75.9 cm³/mol. The summed E-state index contributed by atoms with van der Waals surface area (Å²) in [5.41, 5.74) is 3.42. The van der Waals surface area contributed by atoms with E-state index in [2.05, 4.69) is 20.7 Å². The molecule has 1 rings (SSSR count). The molecule has 19 heavy (non-hydrogen) atoms. The van der Waals surface area contributed by atoms with Gasteiger partial charge >= 0.3 is 0 Å². The first-order valence-corrected chi connectivity index (χ1v) is 6.36. The van der Waals surface area contributed by atoms with Crippen molar-refractivity contribution in [2.45, 2.75) is 27.2 Å². The Hall–Kier alpha value is -1.89. The molecule has 7 heteroatoms. The summed E-state index contributed by atoms with van der Waals surface area (Å²) in [5, 5.41) is 2.61. The average molecular weight is 266 g/mol. The molecule has 0 bridgehead atoms. The second-order valence-corrected chi connectivity index (χ2v) is 4.12. The highest BCUT2D eigenvalue weighted by atomic mass is 16.1. The maximum Gasteiger partial charge on any atom is 0.239 e. The molecule has 0 unspecified atom stereocenters. The van der Waals surface area contributed by atoms with Crippen LogP contribution < -0.4 is 21.5 Å². The Morgan fingerprint density at radius 2 is 2.05 bits per heavy atom. The molecule has 1 aromatic rings. The number of amides is 1. The number of carbonyl (C=O) groups is 1. The smallest absolute Gasteiger partial charge is 0.239 e. The molecule has 106 valence electrons. The Balaban J connectivity index is 3.17. The van der Waals surface area contributed by atoms with Crippen molar-refractivity contribution in [3.05, 3.63) is 11.4 Å². The highest BCUT2D eigenvalue weighted by Crippen LogP contribution is 2.23. The van der Waals surface area contributed by atoms with Crippen LogP contribution in [0.15, 0.2) is 0 Å². The minimum atomic E-state index is -0.0554. The molecule has 1 heterocycles. The number of aromatic nitrogens is 2. The molecule has 0 aliphatic heterocycles. The lowest BCUT2D eigenvalue weighted by Gasteiger charge is -2.24. The first kappa shape index (κ1) is 15.2. The van der Waals surface area contributed by atoms with Crippen molar-refractivity contribution >= 4 is 17.5 Å². The first-order valence-electron chi connectivity index (χ1n) is 6.36. The van der Waals surface area contributed by atoms with Gasteiger partial charge in [0.2, 0.25) is 5.91 Å². The van der Waals surface area contributed by atoms with Crippen molar-refractivity contribution < 1.29 is 4.79 Å². The van der Waals surface area contributed by atoms with Crippen LogP contribution in [0, 0.1) is 6.92 Å². The number of anilines is 2. The van der Waals surface area contributed by atoms with E-state index in [1.54, 1.807) is 7.05 Å². The van der Waals surface area contributed by atoms with Crippen LogP contribution in [0.2, 0.25) is 0 Å². The topological polar surface area (TPSA) is 96.2 Å². The summed E-state index contributed by atoms with van der Waals surface area (Å²) < 4.78 is 0. The lowest BCUT2D eigenvalue weighted by atomic mass is 10.2. The van der Waals surface area contributed by atoms with E-state index in [1.165, 1.54) is 0 Å². The molecule has 0 saturated carbocycles. The molecular weight excluding hydrogens is 244 g/mol. The van der Waals surface area contributed by atoms with Crippen LogP contribution >= 0.6 is 0 Å². The second kappa shape index (κ2) is 6.89. The summed E-state index contributed by atoms with van der Waals surface area (Å²) in [5.74, 6) is 7.45. The molecule has 4 N–H and O–H groups in total. The fraction of sp³-hybridized carbons (Fsp3) is 0.583. The Bertz CT molecular complexity index is 448. The normalized spacial score (nSPS) is 10.2. The quantitative estimate of drug-likeness (QED) is 0.503. The maximum absolute atomic E-state index is 11.5. The van der Waals surface area contributed by atoms with E-state index < -0.39 is 0 Å². The van der Waals surface area contributed by atoms with E-state index in [4.69, 9.17) is 5.84 Å². The highest BCUT2D eigenvalue weighted by Gasteiger charge is 2.16. The number of hydrogen-bond acceptors (Lipinski definition) is 6. The summed E-state index contributed by atoms with van der Waals surface area (Å²) in [6, 6.07) is 0. The summed E-state index contributed by atoms with van der Waals surface area (Å²) in [6.07, 6.45) is 0.708. The molecule has 7 nitrogen and oxygen atoms in total. The molecule has 0 saturated heterocycles. The third-order valence-corrected chi connectivity index (χ3v) is 2.91. The molecule has 0 aliphatic carbocycles. The number of aryl methyl sites for hydroxylation is 1. The van der Waals surface area contributed by atoms with Crippen LogP contribution in [0.4, 0.5) is 11.6 Å². The third-order valence-electron chi connectivity index (χ3n) is 2.91. The van der Waals surface area contributed by atoms with Crippen LogP contribution in [0.25, 0.3) is 0 Å². The largest absolute Gasteiger partial charge is 0.358 e. The monoisotopic (exact) mass is 266 g/mol. The minimum absolute atomic E-state index is 0.0554. The van der Waals surface area contributed by atoms with Crippen LogP contribution in [0.3, 0.4) is 0 Å². The van der Waals surface area contributed by atoms with E-state index in [0.717, 1.165) is 11.4 Å². The highest BCUT2D eigenvalue weighted by molar-refractivity contribution is 5.81. The lowest BCUT2D eigenvalue weighted by Crippen LogP contribution is -2.36. The summed E-state index contributed by atoms with van der Waals surface area (Å²) in [7, 11) is 1.62. The summed E-state index contributed by atoms with van der Waals surface area (Å²) in [6.45, 7) is 6.78. The van der Waals surface area contributed by atoms with Crippen molar-refractivity contribution in [2.75, 3.05) is 30.5 Å². The zero-order valence-electron chi connectivity index (χ0n) is 11.9. The zero-order chi connectivity index (χ0) is 14.4. The molecule has 0 aromatic carbocycles. The number of nitrogens with zero attached hydrogens (tertiary/aromatic N) is 3. The van der Waals surface area contributed by atoms with Crippen LogP contribution in [-0.4, -0.2) is 36.0 Å². The van der Waals surface area contributed by atoms with Gasteiger partial charge in [0.15, 0.2) is 0 Å². The molecule has 1 aromatic heterocycles. The molecule has 0 spiro atoms.